The number of aryl methyl sites for hydroxylation is 1. The Morgan fingerprint density at radius 2 is 1.18 bits per heavy atom. The van der Waals surface area contributed by atoms with Gasteiger partial charge in [-0.15, -0.1) is 0 Å². The van der Waals surface area contributed by atoms with Gasteiger partial charge in [0.25, 0.3) is 0 Å². The third-order valence-corrected chi connectivity index (χ3v) is 4.44. The Balaban J connectivity index is 2.56. The van der Waals surface area contributed by atoms with E-state index in [2.05, 4.69) is 0 Å². The van der Waals surface area contributed by atoms with Gasteiger partial charge in [0.2, 0.25) is 0 Å². The van der Waals surface area contributed by atoms with E-state index in [1.165, 1.54) is 0 Å². The van der Waals surface area contributed by atoms with Crippen LogP contribution in [0.5, 0.6) is 0 Å². The molecule has 0 N–H and O–H groups in total. The number of carbonyl (C=O) groups excluding carboxylic acids is 2. The zero-order chi connectivity index (χ0) is 21.0. The first-order valence-corrected chi connectivity index (χ1v) is 9.76. The fourth-order valence-corrected chi connectivity index (χ4v) is 3.05. The highest BCUT2D eigenvalue weighted by molar-refractivity contribution is 6.05. The molecule has 0 aliphatic rings. The molecule has 5 heteroatoms. The third kappa shape index (κ3) is 4.83. The lowest BCUT2D eigenvalue weighted by atomic mass is 10.1. The Hall–Kier alpha value is -2.56. The smallest absolute Gasteiger partial charge is 0.340 e. The molecule has 0 saturated heterocycles. The van der Waals surface area contributed by atoms with Gasteiger partial charge in [-0.05, 0) is 44.7 Å². The minimum absolute atomic E-state index is 0.209. The van der Waals surface area contributed by atoms with E-state index in [4.69, 9.17) is 9.47 Å². The number of nitrogens with zero attached hydrogens (tertiary/aromatic N) is 1. The van der Waals surface area contributed by atoms with Crippen molar-refractivity contribution in [3.63, 3.8) is 0 Å². The van der Waals surface area contributed by atoms with Gasteiger partial charge >= 0.3 is 11.9 Å². The van der Waals surface area contributed by atoms with E-state index < -0.39 is 11.9 Å². The Bertz CT molecular complexity index is 797. The molecule has 0 fully saturated rings. The van der Waals surface area contributed by atoms with Crippen LogP contribution in [0.3, 0.4) is 0 Å². The minimum Gasteiger partial charge on any atom is -0.462 e. The molecule has 0 radical (unpaired) electrons. The molecule has 0 atom stereocenters. The summed E-state index contributed by atoms with van der Waals surface area (Å²) in [6.07, 6.45) is 0. The quantitative estimate of drug-likeness (QED) is 0.627. The number of rotatable bonds is 7. The van der Waals surface area contributed by atoms with Crippen molar-refractivity contribution in [3.05, 3.63) is 52.3 Å². The van der Waals surface area contributed by atoms with Crippen molar-refractivity contribution in [1.29, 1.82) is 0 Å². The normalized spacial score (nSPS) is 11.2. The molecule has 2 aromatic rings. The minimum atomic E-state index is -0.489. The molecule has 0 spiro atoms. The number of benzene rings is 1. The molecular weight excluding hydrogens is 354 g/mol. The Morgan fingerprint density at radius 1 is 0.786 bits per heavy atom. The molecular formula is C23H31NO4. The first kappa shape index (κ1) is 21.7. The number of hydrogen-bond acceptors (Lipinski definition) is 4. The van der Waals surface area contributed by atoms with Crippen LogP contribution in [0.25, 0.3) is 5.69 Å². The fourth-order valence-electron chi connectivity index (χ4n) is 3.05. The van der Waals surface area contributed by atoms with Crippen molar-refractivity contribution in [2.24, 2.45) is 11.8 Å². The molecule has 152 valence electrons. The van der Waals surface area contributed by atoms with Crippen LogP contribution in [0.2, 0.25) is 0 Å². The fraction of sp³-hybridized carbons (Fsp3) is 0.478. The van der Waals surface area contributed by atoms with Crippen LogP contribution < -0.4 is 0 Å². The molecule has 0 saturated carbocycles. The summed E-state index contributed by atoms with van der Waals surface area (Å²) in [6.45, 7) is 14.2. The van der Waals surface area contributed by atoms with E-state index in [1.54, 1.807) is 0 Å². The Labute approximate surface area is 167 Å². The zero-order valence-electron chi connectivity index (χ0n) is 18.0. The Kier molecular flexibility index (Phi) is 7.05. The van der Waals surface area contributed by atoms with Crippen molar-refractivity contribution < 1.29 is 19.1 Å². The lowest BCUT2D eigenvalue weighted by Gasteiger charge is -2.10. The molecule has 2 rings (SSSR count). The average Bonchev–Trinajstić information content (AvgIpc) is 2.89. The predicted octanol–water partition coefficient (Wildman–Crippen LogP) is 5.03. The number of ether oxygens (including phenoxy) is 2. The molecule has 0 amide bonds. The van der Waals surface area contributed by atoms with Gasteiger partial charge in [0.05, 0.1) is 24.3 Å². The van der Waals surface area contributed by atoms with E-state index in [0.717, 1.165) is 11.3 Å². The number of carbonyl (C=O) groups is 2. The van der Waals surface area contributed by atoms with Gasteiger partial charge in [0, 0.05) is 17.1 Å². The summed E-state index contributed by atoms with van der Waals surface area (Å²) in [4.78, 5) is 25.7. The lowest BCUT2D eigenvalue weighted by Crippen LogP contribution is -2.17. The molecule has 28 heavy (non-hydrogen) atoms. The molecule has 1 heterocycles. The molecule has 0 bridgehead atoms. The van der Waals surface area contributed by atoms with Crippen LogP contribution >= 0.6 is 0 Å². The zero-order valence-corrected chi connectivity index (χ0v) is 18.0. The van der Waals surface area contributed by atoms with Gasteiger partial charge in [-0.25, -0.2) is 9.59 Å². The molecule has 0 aliphatic heterocycles. The number of aromatic nitrogens is 1. The standard InChI is InChI=1S/C23H31NO4/c1-14(2)12-27-22(25)20-17(6)24(19-10-8-16(5)9-11-19)18(7)21(20)23(26)28-13-15(3)4/h8-11,14-15H,12-13H2,1-7H3. The van der Waals surface area contributed by atoms with Gasteiger partial charge in [0.15, 0.2) is 0 Å². The summed E-state index contributed by atoms with van der Waals surface area (Å²) >= 11 is 0. The van der Waals surface area contributed by atoms with E-state index in [9.17, 15) is 9.59 Å². The maximum absolute atomic E-state index is 12.8. The van der Waals surface area contributed by atoms with Crippen LogP contribution in [-0.4, -0.2) is 29.7 Å². The highest BCUT2D eigenvalue weighted by Gasteiger charge is 2.30. The maximum Gasteiger partial charge on any atom is 0.340 e. The first-order chi connectivity index (χ1) is 13.1. The molecule has 0 aliphatic carbocycles. The summed E-state index contributed by atoms with van der Waals surface area (Å²) in [7, 11) is 0. The van der Waals surface area contributed by atoms with Gasteiger partial charge in [-0.1, -0.05) is 45.4 Å². The van der Waals surface area contributed by atoms with Crippen LogP contribution in [0.15, 0.2) is 24.3 Å². The average molecular weight is 386 g/mol. The van der Waals surface area contributed by atoms with Crippen LogP contribution in [0.1, 0.15) is 65.4 Å². The third-order valence-electron chi connectivity index (χ3n) is 4.44. The second-order valence-electron chi connectivity index (χ2n) is 8.08. The maximum atomic E-state index is 12.8. The van der Waals surface area contributed by atoms with Crippen molar-refractivity contribution in [2.75, 3.05) is 13.2 Å². The van der Waals surface area contributed by atoms with E-state index in [0.29, 0.717) is 24.6 Å². The van der Waals surface area contributed by atoms with Gasteiger partial charge in [-0.2, -0.15) is 0 Å². The second kappa shape index (κ2) is 9.09. The van der Waals surface area contributed by atoms with Crippen molar-refractivity contribution in [1.82, 2.24) is 4.57 Å². The van der Waals surface area contributed by atoms with Gasteiger partial charge < -0.3 is 14.0 Å². The SMILES string of the molecule is Cc1ccc(-n2c(C)c(C(=O)OCC(C)C)c(C(=O)OCC(C)C)c2C)cc1. The van der Waals surface area contributed by atoms with E-state index in [1.807, 2.05) is 77.3 Å². The van der Waals surface area contributed by atoms with Crippen LogP contribution in [0.4, 0.5) is 0 Å². The van der Waals surface area contributed by atoms with Crippen molar-refractivity contribution >= 4 is 11.9 Å². The summed E-state index contributed by atoms with van der Waals surface area (Å²) in [5, 5.41) is 0. The lowest BCUT2D eigenvalue weighted by molar-refractivity contribution is 0.0412. The summed E-state index contributed by atoms with van der Waals surface area (Å²) in [6, 6.07) is 7.95. The monoisotopic (exact) mass is 385 g/mol. The highest BCUT2D eigenvalue weighted by atomic mass is 16.5. The van der Waals surface area contributed by atoms with E-state index in [-0.39, 0.29) is 23.0 Å². The van der Waals surface area contributed by atoms with Crippen molar-refractivity contribution in [3.8, 4) is 5.69 Å². The molecule has 0 unspecified atom stereocenters. The number of esters is 2. The number of hydrogen-bond donors (Lipinski definition) is 0. The predicted molar refractivity (Wildman–Crippen MR) is 110 cm³/mol. The summed E-state index contributed by atoms with van der Waals surface area (Å²) < 4.78 is 12.8. The van der Waals surface area contributed by atoms with E-state index >= 15 is 0 Å². The summed E-state index contributed by atoms with van der Waals surface area (Å²) in [5.74, 6) is -0.560. The largest absolute Gasteiger partial charge is 0.462 e. The molecule has 1 aromatic carbocycles. The Morgan fingerprint density at radius 3 is 1.54 bits per heavy atom. The van der Waals surface area contributed by atoms with Crippen molar-refractivity contribution in [2.45, 2.75) is 48.5 Å². The molecule has 5 nitrogen and oxygen atoms in total. The second-order valence-corrected chi connectivity index (χ2v) is 8.08. The summed E-state index contributed by atoms with van der Waals surface area (Å²) in [5.41, 5.74) is 3.94. The van der Waals surface area contributed by atoms with Gasteiger partial charge in [-0.3, -0.25) is 0 Å². The highest BCUT2D eigenvalue weighted by Crippen LogP contribution is 2.28. The first-order valence-electron chi connectivity index (χ1n) is 9.76. The van der Waals surface area contributed by atoms with Crippen LogP contribution in [0, 0.1) is 32.6 Å². The molecule has 1 aromatic heterocycles. The van der Waals surface area contributed by atoms with Crippen LogP contribution in [-0.2, 0) is 9.47 Å². The van der Waals surface area contributed by atoms with Gasteiger partial charge in [0.1, 0.15) is 0 Å². The topological polar surface area (TPSA) is 57.5 Å².